The Labute approximate surface area is 265 Å². The van der Waals surface area contributed by atoms with Crippen LogP contribution in [0.2, 0.25) is 0 Å². The van der Waals surface area contributed by atoms with Gasteiger partial charge in [0.25, 0.3) is 0 Å². The highest BCUT2D eigenvalue weighted by Crippen LogP contribution is 2.38. The second-order valence-electron chi connectivity index (χ2n) is 12.1. The molecule has 238 valence electrons. The molecule has 1 atom stereocenters. The van der Waals surface area contributed by atoms with E-state index in [2.05, 4.69) is 16.5 Å². The molecule has 1 fully saturated rings. The van der Waals surface area contributed by atoms with E-state index in [0.29, 0.717) is 43.9 Å². The number of nitrogens with zero attached hydrogens (tertiary/aromatic N) is 7. The van der Waals surface area contributed by atoms with Gasteiger partial charge in [-0.15, -0.1) is 0 Å². The second kappa shape index (κ2) is 12.1. The minimum Gasteiger partial charge on any atom is -0.350 e. The average Bonchev–Trinajstić information content (AvgIpc) is 3.04. The zero-order valence-electron chi connectivity index (χ0n) is 26.3. The van der Waals surface area contributed by atoms with Crippen molar-refractivity contribution in [3.05, 3.63) is 82.6 Å². The van der Waals surface area contributed by atoms with Gasteiger partial charge in [0.05, 0.1) is 28.0 Å². The lowest BCUT2D eigenvalue weighted by Crippen LogP contribution is -2.54. The van der Waals surface area contributed by atoms with Crippen LogP contribution in [0.3, 0.4) is 0 Å². The number of halogens is 2. The fourth-order valence-electron chi connectivity index (χ4n) is 6.46. The molecule has 2 amide bonds. The summed E-state index contributed by atoms with van der Waals surface area (Å²) in [6.07, 6.45) is 3.95. The maximum atomic E-state index is 16.4. The zero-order valence-corrected chi connectivity index (χ0v) is 26.3. The summed E-state index contributed by atoms with van der Waals surface area (Å²) in [4.78, 5) is 58.6. The zero-order chi connectivity index (χ0) is 32.9. The first-order chi connectivity index (χ1) is 22.0. The second-order valence-corrected chi connectivity index (χ2v) is 12.1. The molecule has 0 saturated carbocycles. The summed E-state index contributed by atoms with van der Waals surface area (Å²) >= 11 is 0. The van der Waals surface area contributed by atoms with Crippen molar-refractivity contribution in [2.24, 2.45) is 0 Å². The molecule has 0 aliphatic carbocycles. The molecule has 0 N–H and O–H groups in total. The first-order valence-corrected chi connectivity index (χ1v) is 15.4. The van der Waals surface area contributed by atoms with Crippen LogP contribution in [-0.4, -0.2) is 69.0 Å². The number of carbonyl (C=O) groups excluding carboxylic acids is 2. The number of amides is 2. The van der Waals surface area contributed by atoms with Crippen LogP contribution in [0.1, 0.15) is 50.8 Å². The van der Waals surface area contributed by atoms with Crippen molar-refractivity contribution in [1.29, 1.82) is 0 Å². The summed E-state index contributed by atoms with van der Waals surface area (Å²) in [5, 5.41) is 0.248. The van der Waals surface area contributed by atoms with Gasteiger partial charge in [-0.2, -0.15) is 4.98 Å². The number of fused-ring (bicyclic) bond motifs is 5. The smallest absolute Gasteiger partial charge is 0.350 e. The van der Waals surface area contributed by atoms with Crippen LogP contribution in [0.25, 0.3) is 28.0 Å². The summed E-state index contributed by atoms with van der Waals surface area (Å²) < 4.78 is 33.4. The minimum absolute atomic E-state index is 0.0850. The molecular weight excluding hydrogens is 592 g/mol. The molecule has 0 spiro atoms. The van der Waals surface area contributed by atoms with E-state index in [1.54, 1.807) is 23.2 Å². The summed E-state index contributed by atoms with van der Waals surface area (Å²) in [5.41, 5.74) is 0.909. The Balaban J connectivity index is 1.71. The number of anilines is 2. The highest BCUT2D eigenvalue weighted by atomic mass is 19.1. The van der Waals surface area contributed by atoms with E-state index in [0.717, 1.165) is 5.56 Å². The molecule has 0 radical (unpaired) electrons. The predicted molar refractivity (Wildman–Crippen MR) is 172 cm³/mol. The van der Waals surface area contributed by atoms with Gasteiger partial charge in [0.15, 0.2) is 11.5 Å². The van der Waals surface area contributed by atoms with Gasteiger partial charge in [-0.1, -0.05) is 26.5 Å². The number of benzene rings is 1. The minimum atomic E-state index is -0.841. The van der Waals surface area contributed by atoms with Crippen LogP contribution in [0.4, 0.5) is 20.3 Å². The highest BCUT2D eigenvalue weighted by Gasteiger charge is 2.32. The molecule has 1 aromatic carbocycles. The van der Waals surface area contributed by atoms with Crippen LogP contribution in [0.15, 0.2) is 54.0 Å². The lowest BCUT2D eigenvalue weighted by molar-refractivity contribution is -0.126. The lowest BCUT2D eigenvalue weighted by Gasteiger charge is -2.40. The Hall–Kier alpha value is -5.00. The predicted octanol–water partition coefficient (Wildman–Crippen LogP) is 4.77. The van der Waals surface area contributed by atoms with Crippen LogP contribution in [-0.2, 0) is 16.0 Å². The maximum Gasteiger partial charge on any atom is 0.355 e. The molecule has 10 nitrogen and oxygen atoms in total. The maximum absolute atomic E-state index is 16.4. The first-order valence-electron chi connectivity index (χ1n) is 15.4. The molecule has 12 heteroatoms. The Kier molecular flexibility index (Phi) is 8.13. The third kappa shape index (κ3) is 5.21. The van der Waals surface area contributed by atoms with E-state index in [9.17, 15) is 14.4 Å². The third-order valence-electron chi connectivity index (χ3n) is 8.79. The van der Waals surface area contributed by atoms with E-state index in [1.165, 1.54) is 40.8 Å². The van der Waals surface area contributed by atoms with Crippen molar-refractivity contribution < 1.29 is 18.4 Å². The topological polar surface area (TPSA) is 105 Å². The van der Waals surface area contributed by atoms with E-state index in [-0.39, 0.29) is 64.0 Å². The summed E-state index contributed by atoms with van der Waals surface area (Å²) in [6, 6.07) is 6.95. The first kappa shape index (κ1) is 31.0. The molecule has 46 heavy (non-hydrogen) atoms. The van der Waals surface area contributed by atoms with Gasteiger partial charge in [-0.25, -0.2) is 23.1 Å². The molecule has 0 unspecified atom stereocenters. The van der Waals surface area contributed by atoms with Crippen LogP contribution >= 0.6 is 0 Å². The van der Waals surface area contributed by atoms with Crippen molar-refractivity contribution in [2.75, 3.05) is 36.5 Å². The van der Waals surface area contributed by atoms with E-state index < -0.39 is 17.3 Å². The molecule has 5 heterocycles. The van der Waals surface area contributed by atoms with Gasteiger partial charge in [0, 0.05) is 45.3 Å². The molecule has 4 aromatic rings. The average molecular weight is 628 g/mol. The van der Waals surface area contributed by atoms with Gasteiger partial charge < -0.3 is 14.7 Å². The standard InChI is InChI=1S/C34H35F2N7O3/c1-6-26(44)41-15-16-42(20(4)18-41)32-22-17-24(36)30-28-23(35)10-8-11-25(28)40(5)27(45)12-7-9-21-13-14-37-29(19(2)3)31(21)43(33(22)38-30)34(46)39-32/h6,8,10-11,13-14,17,19-20H,1,7,9,12,15-16,18H2,2-5H3/t20-/m0/s1. The Morgan fingerprint density at radius 1 is 1.09 bits per heavy atom. The molecule has 6 rings (SSSR count). The largest absolute Gasteiger partial charge is 0.355 e. The molecule has 1 saturated heterocycles. The molecular formula is C34H35F2N7O3. The Morgan fingerprint density at radius 3 is 2.59 bits per heavy atom. The number of aryl methyl sites for hydroxylation is 1. The van der Waals surface area contributed by atoms with Crippen molar-refractivity contribution >= 4 is 34.4 Å². The Bertz CT molecular complexity index is 1960. The molecule has 2 bridgehead atoms. The number of rotatable bonds is 3. The third-order valence-corrected chi connectivity index (χ3v) is 8.79. The van der Waals surface area contributed by atoms with Crippen molar-refractivity contribution in [1.82, 2.24) is 24.4 Å². The number of hydrogen-bond acceptors (Lipinski definition) is 7. The normalized spacial score (nSPS) is 17.0. The number of aromatic nitrogens is 4. The fraction of sp³-hybridized carbons (Fsp3) is 0.353. The van der Waals surface area contributed by atoms with Gasteiger partial charge in [-0.05, 0) is 61.6 Å². The van der Waals surface area contributed by atoms with Gasteiger partial charge >= 0.3 is 5.69 Å². The summed E-state index contributed by atoms with van der Waals surface area (Å²) in [5.74, 6) is -1.98. The van der Waals surface area contributed by atoms with E-state index in [1.807, 2.05) is 25.7 Å². The van der Waals surface area contributed by atoms with Gasteiger partial charge in [0.1, 0.15) is 17.3 Å². The number of hydrogen-bond donors (Lipinski definition) is 0. The highest BCUT2D eigenvalue weighted by molar-refractivity contribution is 5.98. The van der Waals surface area contributed by atoms with Gasteiger partial charge in [0.2, 0.25) is 11.8 Å². The number of piperazine rings is 1. The van der Waals surface area contributed by atoms with Crippen LogP contribution < -0.4 is 15.5 Å². The van der Waals surface area contributed by atoms with Crippen molar-refractivity contribution in [3.63, 3.8) is 0 Å². The number of carbonyl (C=O) groups is 2. The Morgan fingerprint density at radius 2 is 1.87 bits per heavy atom. The SMILES string of the molecule is C=CC(=O)N1CCN(c2nc(=O)n3c4nc(c(F)cc24)-c2c(F)cccc2N(C)C(=O)CCCc2ccnc(C(C)C)c2-3)[C@@H](C)C1. The van der Waals surface area contributed by atoms with E-state index in [4.69, 9.17) is 4.98 Å². The fourth-order valence-corrected chi connectivity index (χ4v) is 6.46. The van der Waals surface area contributed by atoms with Crippen molar-refractivity contribution in [2.45, 2.75) is 52.0 Å². The van der Waals surface area contributed by atoms with Gasteiger partial charge in [-0.3, -0.25) is 14.6 Å². The molecule has 3 aromatic heterocycles. The number of pyridine rings is 2. The quantitative estimate of drug-likeness (QED) is 0.302. The molecule has 2 aliphatic heterocycles. The molecule has 2 aliphatic rings. The summed E-state index contributed by atoms with van der Waals surface area (Å²) in [6.45, 7) is 10.4. The lowest BCUT2D eigenvalue weighted by atomic mass is 10.00. The van der Waals surface area contributed by atoms with E-state index >= 15 is 8.78 Å². The van der Waals surface area contributed by atoms with Crippen LogP contribution in [0.5, 0.6) is 0 Å². The monoisotopic (exact) mass is 627 g/mol. The summed E-state index contributed by atoms with van der Waals surface area (Å²) in [7, 11) is 1.53. The van der Waals surface area contributed by atoms with Crippen LogP contribution in [0, 0.1) is 11.6 Å². The van der Waals surface area contributed by atoms with Crippen molar-refractivity contribution in [3.8, 4) is 16.9 Å².